The lowest BCUT2D eigenvalue weighted by atomic mass is 9.74. The Hall–Kier alpha value is -2.04. The molecule has 5 heteroatoms. The molecule has 1 unspecified atom stereocenters. The topological polar surface area (TPSA) is 47.8 Å². The van der Waals surface area contributed by atoms with E-state index in [0.29, 0.717) is 22.8 Å². The zero-order valence-electron chi connectivity index (χ0n) is 11.7. The number of halogens is 1. The van der Waals surface area contributed by atoms with Crippen LogP contribution < -0.4 is 0 Å². The molecule has 3 rings (SSSR count). The molecule has 2 heterocycles. The molecular weight excluding hydrogens is 257 g/mol. The average Bonchev–Trinajstić information content (AvgIpc) is 2.75. The van der Waals surface area contributed by atoms with Crippen molar-refractivity contribution in [1.29, 1.82) is 0 Å². The number of carbonyl (C=O) groups excluding carboxylic acids is 1. The zero-order valence-corrected chi connectivity index (χ0v) is 11.7. The second-order valence-electron chi connectivity index (χ2n) is 5.90. The predicted octanol–water partition coefficient (Wildman–Crippen LogP) is 3.20. The number of hydrogen-bond acceptors (Lipinski definition) is 3. The van der Waals surface area contributed by atoms with E-state index in [-0.39, 0.29) is 12.2 Å². The van der Waals surface area contributed by atoms with E-state index in [1.165, 1.54) is 4.68 Å². The SMILES string of the molecule is Cc1nn(-c2ccccn2)c2c1C(=O)CC(C)(C)C2F. The number of rotatable bonds is 1. The molecule has 1 aliphatic rings. The number of fused-ring (bicyclic) bond motifs is 1. The van der Waals surface area contributed by atoms with Crippen LogP contribution in [0.1, 0.15) is 48.2 Å². The zero-order chi connectivity index (χ0) is 14.5. The monoisotopic (exact) mass is 273 g/mol. The van der Waals surface area contributed by atoms with Crippen LogP contribution in [0.4, 0.5) is 4.39 Å². The molecule has 0 aromatic carbocycles. The lowest BCUT2D eigenvalue weighted by Gasteiger charge is -2.32. The largest absolute Gasteiger partial charge is 0.294 e. The highest BCUT2D eigenvalue weighted by Crippen LogP contribution is 2.47. The summed E-state index contributed by atoms with van der Waals surface area (Å²) >= 11 is 0. The van der Waals surface area contributed by atoms with Crippen LogP contribution in [0.2, 0.25) is 0 Å². The second-order valence-corrected chi connectivity index (χ2v) is 5.90. The van der Waals surface area contributed by atoms with Crippen LogP contribution in [0.5, 0.6) is 0 Å². The first-order chi connectivity index (χ1) is 9.42. The predicted molar refractivity (Wildman–Crippen MR) is 72.7 cm³/mol. The van der Waals surface area contributed by atoms with E-state index in [1.807, 2.05) is 6.07 Å². The Kier molecular flexibility index (Phi) is 2.74. The molecule has 4 nitrogen and oxygen atoms in total. The summed E-state index contributed by atoms with van der Waals surface area (Å²) < 4.78 is 16.3. The maximum atomic E-state index is 14.8. The Balaban J connectivity index is 2.26. The summed E-state index contributed by atoms with van der Waals surface area (Å²) in [5.41, 5.74) is 0.599. The standard InChI is InChI=1S/C15H16FN3O/c1-9-12-10(20)8-15(2,3)14(16)13(12)19(18-9)11-6-4-5-7-17-11/h4-7,14H,8H2,1-3H3. The first-order valence-corrected chi connectivity index (χ1v) is 6.60. The van der Waals surface area contributed by atoms with Crippen LogP contribution in [0.25, 0.3) is 5.82 Å². The molecule has 104 valence electrons. The van der Waals surface area contributed by atoms with Gasteiger partial charge in [0.25, 0.3) is 0 Å². The lowest BCUT2D eigenvalue weighted by molar-refractivity contribution is 0.0732. The van der Waals surface area contributed by atoms with Crippen molar-refractivity contribution in [2.75, 3.05) is 0 Å². The number of nitrogens with zero attached hydrogens (tertiary/aromatic N) is 3. The van der Waals surface area contributed by atoms with Crippen molar-refractivity contribution in [1.82, 2.24) is 14.8 Å². The molecule has 2 aromatic rings. The highest BCUT2D eigenvalue weighted by Gasteiger charge is 2.44. The Morgan fingerprint density at radius 1 is 1.40 bits per heavy atom. The van der Waals surface area contributed by atoms with E-state index in [4.69, 9.17) is 0 Å². The molecule has 0 amide bonds. The van der Waals surface area contributed by atoms with Crippen LogP contribution >= 0.6 is 0 Å². The Labute approximate surface area is 116 Å². The molecule has 0 fully saturated rings. The molecular formula is C15H16FN3O. The van der Waals surface area contributed by atoms with Gasteiger partial charge in [0.1, 0.15) is 6.17 Å². The molecule has 2 aromatic heterocycles. The fourth-order valence-corrected chi connectivity index (χ4v) is 2.74. The fraction of sp³-hybridized carbons (Fsp3) is 0.400. The van der Waals surface area contributed by atoms with E-state index in [9.17, 15) is 9.18 Å². The van der Waals surface area contributed by atoms with E-state index in [0.717, 1.165) is 0 Å². The minimum absolute atomic E-state index is 0.0430. The van der Waals surface area contributed by atoms with Gasteiger partial charge in [0.2, 0.25) is 0 Å². The maximum Gasteiger partial charge on any atom is 0.167 e. The molecule has 0 bridgehead atoms. The Morgan fingerprint density at radius 3 is 2.80 bits per heavy atom. The van der Waals surface area contributed by atoms with Crippen molar-refractivity contribution in [3.05, 3.63) is 41.3 Å². The van der Waals surface area contributed by atoms with Gasteiger partial charge in [0, 0.05) is 18.0 Å². The van der Waals surface area contributed by atoms with Crippen LogP contribution in [-0.2, 0) is 0 Å². The van der Waals surface area contributed by atoms with Gasteiger partial charge in [-0.25, -0.2) is 14.1 Å². The molecule has 20 heavy (non-hydrogen) atoms. The molecule has 0 radical (unpaired) electrons. The van der Waals surface area contributed by atoms with Crippen LogP contribution in [0.3, 0.4) is 0 Å². The van der Waals surface area contributed by atoms with Gasteiger partial charge in [-0.3, -0.25) is 4.79 Å². The molecule has 0 saturated carbocycles. The smallest absolute Gasteiger partial charge is 0.167 e. The molecule has 0 saturated heterocycles. The van der Waals surface area contributed by atoms with Gasteiger partial charge in [-0.2, -0.15) is 5.10 Å². The number of pyridine rings is 1. The molecule has 0 N–H and O–H groups in total. The summed E-state index contributed by atoms with van der Waals surface area (Å²) in [5, 5.41) is 4.32. The fourth-order valence-electron chi connectivity index (χ4n) is 2.74. The molecule has 1 atom stereocenters. The Morgan fingerprint density at radius 2 is 2.15 bits per heavy atom. The van der Waals surface area contributed by atoms with Crippen molar-refractivity contribution in [2.45, 2.75) is 33.4 Å². The number of aromatic nitrogens is 3. The first kappa shape index (κ1) is 13.0. The maximum absolute atomic E-state index is 14.8. The quantitative estimate of drug-likeness (QED) is 0.801. The second kappa shape index (κ2) is 4.23. The average molecular weight is 273 g/mol. The highest BCUT2D eigenvalue weighted by atomic mass is 19.1. The van der Waals surface area contributed by atoms with Gasteiger partial charge in [-0.1, -0.05) is 19.9 Å². The third-order valence-electron chi connectivity index (χ3n) is 3.78. The summed E-state index contributed by atoms with van der Waals surface area (Å²) in [7, 11) is 0. The van der Waals surface area contributed by atoms with E-state index < -0.39 is 11.6 Å². The number of aryl methyl sites for hydroxylation is 1. The molecule has 1 aliphatic carbocycles. The highest BCUT2D eigenvalue weighted by molar-refractivity contribution is 6.00. The number of alkyl halides is 1. The van der Waals surface area contributed by atoms with Gasteiger partial charge in [0.05, 0.1) is 17.0 Å². The summed E-state index contributed by atoms with van der Waals surface area (Å²) in [6.07, 6.45) is 0.593. The first-order valence-electron chi connectivity index (χ1n) is 6.60. The van der Waals surface area contributed by atoms with Gasteiger partial charge in [0.15, 0.2) is 11.6 Å². The van der Waals surface area contributed by atoms with E-state index >= 15 is 0 Å². The van der Waals surface area contributed by atoms with Gasteiger partial charge in [-0.05, 0) is 19.1 Å². The molecule has 0 spiro atoms. The van der Waals surface area contributed by atoms with E-state index in [2.05, 4.69) is 10.1 Å². The van der Waals surface area contributed by atoms with Gasteiger partial charge < -0.3 is 0 Å². The van der Waals surface area contributed by atoms with Crippen molar-refractivity contribution in [2.24, 2.45) is 5.41 Å². The van der Waals surface area contributed by atoms with Crippen molar-refractivity contribution >= 4 is 5.78 Å². The lowest BCUT2D eigenvalue weighted by Crippen LogP contribution is -2.31. The number of carbonyl (C=O) groups is 1. The summed E-state index contributed by atoms with van der Waals surface area (Å²) in [5.74, 6) is 0.489. The Bertz CT molecular complexity index is 676. The van der Waals surface area contributed by atoms with Crippen molar-refractivity contribution in [3.8, 4) is 5.82 Å². The summed E-state index contributed by atoms with van der Waals surface area (Å²) in [6.45, 7) is 5.27. The number of ketones is 1. The van der Waals surface area contributed by atoms with Crippen LogP contribution in [-0.4, -0.2) is 20.5 Å². The van der Waals surface area contributed by atoms with Crippen molar-refractivity contribution in [3.63, 3.8) is 0 Å². The normalized spacial score (nSPS) is 20.8. The molecule has 0 aliphatic heterocycles. The summed E-state index contributed by atoms with van der Waals surface area (Å²) in [6, 6.07) is 5.36. The minimum atomic E-state index is -1.24. The van der Waals surface area contributed by atoms with Gasteiger partial charge >= 0.3 is 0 Å². The van der Waals surface area contributed by atoms with Crippen molar-refractivity contribution < 1.29 is 9.18 Å². The summed E-state index contributed by atoms with van der Waals surface area (Å²) in [4.78, 5) is 16.5. The van der Waals surface area contributed by atoms with Crippen LogP contribution in [0, 0.1) is 12.3 Å². The number of hydrogen-bond donors (Lipinski definition) is 0. The third kappa shape index (κ3) is 1.77. The van der Waals surface area contributed by atoms with Crippen LogP contribution in [0.15, 0.2) is 24.4 Å². The number of Topliss-reactive ketones (excluding diaryl/α,β-unsaturated/α-hetero) is 1. The van der Waals surface area contributed by atoms with E-state index in [1.54, 1.807) is 39.1 Å². The third-order valence-corrected chi connectivity index (χ3v) is 3.78. The van der Waals surface area contributed by atoms with Gasteiger partial charge in [-0.15, -0.1) is 0 Å². The minimum Gasteiger partial charge on any atom is -0.294 e.